The van der Waals surface area contributed by atoms with E-state index in [1.54, 1.807) is 36.0 Å². The number of benzene rings is 1. The molecule has 6 heteroatoms. The summed E-state index contributed by atoms with van der Waals surface area (Å²) in [6, 6.07) is 7.07. The molecule has 1 aromatic rings. The zero-order valence-corrected chi connectivity index (χ0v) is 14.3. The van der Waals surface area contributed by atoms with E-state index in [4.69, 9.17) is 0 Å². The van der Waals surface area contributed by atoms with Crippen LogP contribution in [0.3, 0.4) is 0 Å². The van der Waals surface area contributed by atoms with Crippen LogP contribution in [0.2, 0.25) is 0 Å². The molecule has 110 valence electrons. The lowest BCUT2D eigenvalue weighted by Crippen LogP contribution is -2.17. The largest absolute Gasteiger partial charge is 0.288 e. The summed E-state index contributed by atoms with van der Waals surface area (Å²) >= 11 is 4.56. The first-order valence-corrected chi connectivity index (χ1v) is 9.18. The topological polar surface area (TPSA) is 46.5 Å². The molecular weight excluding hydrogens is 334 g/mol. The lowest BCUT2D eigenvalue weighted by atomic mass is 9.94. The maximum Gasteiger partial charge on any atom is 0.201 e. The molecule has 2 aliphatic heterocycles. The van der Waals surface area contributed by atoms with E-state index in [0.717, 1.165) is 10.7 Å². The number of nitrogens with zero attached hydrogens (tertiary/aromatic N) is 1. The second-order valence-corrected chi connectivity index (χ2v) is 9.92. The Bertz CT molecular complexity index is 789. The van der Waals surface area contributed by atoms with E-state index in [0.29, 0.717) is 20.9 Å². The van der Waals surface area contributed by atoms with Gasteiger partial charge in [-0.1, -0.05) is 59.6 Å². The molecule has 0 fully saturated rings. The van der Waals surface area contributed by atoms with Crippen molar-refractivity contribution in [3.63, 3.8) is 0 Å². The quantitative estimate of drug-likeness (QED) is 0.694. The molecule has 1 aromatic carbocycles. The first-order valence-electron chi connectivity index (χ1n) is 6.73. The highest BCUT2D eigenvalue weighted by atomic mass is 32.3. The Hall–Kier alpha value is -1.24. The lowest BCUT2D eigenvalue weighted by molar-refractivity contribution is 0.0988. The molecule has 0 unspecified atom stereocenters. The van der Waals surface area contributed by atoms with Crippen LogP contribution in [-0.4, -0.2) is 20.0 Å². The molecule has 0 aromatic heterocycles. The average molecular weight is 345 g/mol. The monoisotopic (exact) mass is 345 g/mol. The maximum atomic E-state index is 12.7. The SMILES string of the molecule is CC1=CC2(SC(C)=N1)SC1=C(S2)C(=O)c2ccccc2C1=O. The number of aliphatic imine (C=N–C) groups is 1. The highest BCUT2D eigenvalue weighted by molar-refractivity contribution is 8.42. The van der Waals surface area contributed by atoms with Gasteiger partial charge in [0.25, 0.3) is 0 Å². The molecule has 3 nitrogen and oxygen atoms in total. The Kier molecular flexibility index (Phi) is 3.18. The van der Waals surface area contributed by atoms with Gasteiger partial charge in [0.05, 0.1) is 14.9 Å². The summed E-state index contributed by atoms with van der Waals surface area (Å²) in [5, 5.41) is 0.956. The Balaban J connectivity index is 1.78. The van der Waals surface area contributed by atoms with Crippen LogP contribution in [0.5, 0.6) is 0 Å². The van der Waals surface area contributed by atoms with Gasteiger partial charge in [-0.3, -0.25) is 14.6 Å². The van der Waals surface area contributed by atoms with Crippen LogP contribution >= 0.6 is 35.3 Å². The van der Waals surface area contributed by atoms with E-state index in [1.807, 2.05) is 19.9 Å². The molecule has 1 aliphatic carbocycles. The predicted molar refractivity (Wildman–Crippen MR) is 94.5 cm³/mol. The summed E-state index contributed by atoms with van der Waals surface area (Å²) < 4.78 is -0.381. The number of thioether (sulfide) groups is 3. The fraction of sp³-hybridized carbons (Fsp3) is 0.188. The molecule has 0 N–H and O–H groups in total. The maximum absolute atomic E-state index is 12.7. The third-order valence-corrected chi connectivity index (χ3v) is 7.94. The van der Waals surface area contributed by atoms with Crippen LogP contribution in [0.15, 0.2) is 50.8 Å². The van der Waals surface area contributed by atoms with Gasteiger partial charge in [-0.25, -0.2) is 0 Å². The molecule has 1 spiro atoms. The zero-order valence-electron chi connectivity index (χ0n) is 11.9. The van der Waals surface area contributed by atoms with Gasteiger partial charge in [-0.15, -0.1) is 0 Å². The van der Waals surface area contributed by atoms with Crippen LogP contribution in [0.1, 0.15) is 34.6 Å². The van der Waals surface area contributed by atoms with Crippen molar-refractivity contribution >= 4 is 51.9 Å². The standard InChI is InChI=1S/C16H11NO2S3/c1-8-7-16(20-9(2)17-8)21-14-12(18)10-5-3-4-6-11(10)13(19)15(14)22-16/h3-7H,1-2H3. The first kappa shape index (κ1) is 14.4. The predicted octanol–water partition coefficient (Wildman–Crippen LogP) is 4.48. The molecule has 2 heterocycles. The van der Waals surface area contributed by atoms with Crippen LogP contribution in [0.25, 0.3) is 0 Å². The van der Waals surface area contributed by atoms with Crippen molar-refractivity contribution < 1.29 is 9.59 Å². The number of hydrogen-bond donors (Lipinski definition) is 0. The Labute approximate surface area is 140 Å². The molecule has 3 aliphatic rings. The van der Waals surface area contributed by atoms with E-state index in [9.17, 15) is 9.59 Å². The van der Waals surface area contributed by atoms with Gasteiger partial charge in [0.2, 0.25) is 11.6 Å². The normalized spacial score (nSPS) is 22.5. The van der Waals surface area contributed by atoms with Gasteiger partial charge in [0.1, 0.15) is 3.41 Å². The Morgan fingerprint density at radius 1 is 0.909 bits per heavy atom. The van der Waals surface area contributed by atoms with Gasteiger partial charge in [-0.2, -0.15) is 0 Å². The van der Waals surface area contributed by atoms with Crippen molar-refractivity contribution in [2.75, 3.05) is 0 Å². The zero-order chi connectivity index (χ0) is 15.5. The number of carbonyl (C=O) groups excluding carboxylic acids is 2. The van der Waals surface area contributed by atoms with Gasteiger partial charge in [-0.05, 0) is 19.9 Å². The molecule has 22 heavy (non-hydrogen) atoms. The van der Waals surface area contributed by atoms with Gasteiger partial charge in [0.15, 0.2) is 0 Å². The van der Waals surface area contributed by atoms with Crippen LogP contribution < -0.4 is 0 Å². The Morgan fingerprint density at radius 2 is 1.45 bits per heavy atom. The van der Waals surface area contributed by atoms with E-state index in [2.05, 4.69) is 4.99 Å². The van der Waals surface area contributed by atoms with Gasteiger partial charge in [0, 0.05) is 16.8 Å². The minimum Gasteiger partial charge on any atom is -0.288 e. The molecule has 0 amide bonds. The van der Waals surface area contributed by atoms with Crippen molar-refractivity contribution in [1.82, 2.24) is 0 Å². The molecule has 0 radical (unpaired) electrons. The minimum atomic E-state index is -0.381. The van der Waals surface area contributed by atoms with Crippen LogP contribution in [0.4, 0.5) is 0 Å². The van der Waals surface area contributed by atoms with Crippen molar-refractivity contribution in [1.29, 1.82) is 0 Å². The second kappa shape index (κ2) is 4.88. The molecule has 0 saturated carbocycles. The fourth-order valence-corrected chi connectivity index (χ4v) is 7.82. The van der Waals surface area contributed by atoms with Crippen molar-refractivity contribution in [3.05, 3.63) is 57.0 Å². The number of ketones is 2. The number of Topliss-reactive ketones (excluding diaryl/α,β-unsaturated/α-hetero) is 2. The summed E-state index contributed by atoms with van der Waals surface area (Å²) in [5.74, 6) is -0.0715. The number of carbonyl (C=O) groups is 2. The van der Waals surface area contributed by atoms with E-state index in [1.165, 1.54) is 23.5 Å². The highest BCUT2D eigenvalue weighted by Crippen LogP contribution is 2.64. The summed E-state index contributed by atoms with van der Waals surface area (Å²) in [6.07, 6.45) is 2.05. The summed E-state index contributed by atoms with van der Waals surface area (Å²) in [6.45, 7) is 3.90. The number of allylic oxidation sites excluding steroid dienone is 3. The van der Waals surface area contributed by atoms with Gasteiger partial charge >= 0.3 is 0 Å². The summed E-state index contributed by atoms with van der Waals surface area (Å²) in [4.78, 5) is 31.0. The third kappa shape index (κ3) is 2.05. The minimum absolute atomic E-state index is 0.0357. The smallest absolute Gasteiger partial charge is 0.201 e. The van der Waals surface area contributed by atoms with Crippen LogP contribution in [-0.2, 0) is 0 Å². The van der Waals surface area contributed by atoms with Crippen molar-refractivity contribution in [3.8, 4) is 0 Å². The average Bonchev–Trinajstić information content (AvgIpc) is 2.82. The molecular formula is C16H11NO2S3. The molecule has 0 atom stereocenters. The highest BCUT2D eigenvalue weighted by Gasteiger charge is 2.48. The summed E-state index contributed by atoms with van der Waals surface area (Å²) in [7, 11) is 0. The molecule has 0 bridgehead atoms. The van der Waals surface area contributed by atoms with E-state index < -0.39 is 0 Å². The Morgan fingerprint density at radius 3 is 1.95 bits per heavy atom. The van der Waals surface area contributed by atoms with E-state index in [-0.39, 0.29) is 15.0 Å². The second-order valence-electron chi connectivity index (χ2n) is 5.19. The summed E-state index contributed by atoms with van der Waals surface area (Å²) in [5.41, 5.74) is 1.96. The third-order valence-electron chi connectivity index (χ3n) is 3.53. The number of fused-ring (bicyclic) bond motifs is 1. The number of rotatable bonds is 0. The van der Waals surface area contributed by atoms with E-state index >= 15 is 0 Å². The molecule has 4 rings (SSSR count). The lowest BCUT2D eigenvalue weighted by Gasteiger charge is -2.26. The van der Waals surface area contributed by atoms with Gasteiger partial charge < -0.3 is 0 Å². The van der Waals surface area contributed by atoms with Crippen LogP contribution in [0, 0.1) is 0 Å². The first-order chi connectivity index (χ1) is 10.5. The van der Waals surface area contributed by atoms with Crippen molar-refractivity contribution in [2.24, 2.45) is 4.99 Å². The molecule has 0 saturated heterocycles. The number of hydrogen-bond acceptors (Lipinski definition) is 6. The fourth-order valence-electron chi connectivity index (χ4n) is 2.72. The van der Waals surface area contributed by atoms with Crippen molar-refractivity contribution in [2.45, 2.75) is 17.3 Å².